The molecule has 147 heavy (non-hydrogen) atoms. The lowest BCUT2D eigenvalue weighted by atomic mass is 10.1. The van der Waals surface area contributed by atoms with E-state index in [4.69, 9.17) is 24.7 Å². The number of nitrogens with two attached hydrogens (primary N) is 1. The lowest BCUT2D eigenvalue weighted by Crippen LogP contribution is -2.42. The summed E-state index contributed by atoms with van der Waals surface area (Å²) in [4.78, 5) is 170. The van der Waals surface area contributed by atoms with Crippen molar-refractivity contribution in [1.29, 1.82) is 0 Å². The molecule has 760 valence electrons. The van der Waals surface area contributed by atoms with Crippen molar-refractivity contribution in [2.24, 2.45) is 0 Å². The van der Waals surface area contributed by atoms with Gasteiger partial charge in [0.25, 0.3) is 31.4 Å². The quantitative estimate of drug-likeness (QED) is 0.0383. The second-order valence-corrected chi connectivity index (χ2v) is 34.8. The van der Waals surface area contributed by atoms with Gasteiger partial charge in [0.05, 0.1) is 64.2 Å². The highest BCUT2D eigenvalue weighted by molar-refractivity contribution is 6.11. The molecule has 18 rings (SSSR count). The van der Waals surface area contributed by atoms with Crippen LogP contribution in [-0.4, -0.2) is 155 Å². The van der Waals surface area contributed by atoms with Crippen molar-refractivity contribution in [1.82, 2.24) is 79.3 Å². The summed E-state index contributed by atoms with van der Waals surface area (Å²) in [7, 11) is 0. The Bertz CT molecular complexity index is 6960. The number of imide groups is 1. The highest BCUT2D eigenvalue weighted by Crippen LogP contribution is 2.38. The third-order valence-corrected chi connectivity index (χ3v) is 21.9. The normalized spacial score (nSPS) is 13.0. The zero-order valence-corrected chi connectivity index (χ0v) is 78.6. The Kier molecular flexibility index (Phi) is 34.1. The zero-order valence-electron chi connectivity index (χ0n) is 78.6. The van der Waals surface area contributed by atoms with Crippen molar-refractivity contribution in [3.63, 3.8) is 0 Å². The predicted octanol–water partition coefficient (Wildman–Crippen LogP) is 19.7. The first-order valence-electron chi connectivity index (χ1n) is 44.3. The molecule has 13 aromatic rings. The Labute approximate surface area is 828 Å². The van der Waals surface area contributed by atoms with Gasteiger partial charge in [-0.2, -0.15) is 18.1 Å². The highest BCUT2D eigenvalue weighted by atomic mass is 19.4. The molecule has 0 aliphatic carbocycles. The minimum atomic E-state index is -4.96. The van der Waals surface area contributed by atoms with Gasteiger partial charge in [-0.15, -0.1) is 0 Å². The van der Waals surface area contributed by atoms with Crippen molar-refractivity contribution in [2.45, 2.75) is 163 Å². The molecule has 0 spiro atoms. The first kappa shape index (κ1) is 107. The van der Waals surface area contributed by atoms with E-state index in [-0.39, 0.29) is 121 Å². The average molecular weight is 2030 g/mol. The van der Waals surface area contributed by atoms with Crippen molar-refractivity contribution in [3.05, 3.63) is 348 Å². The third-order valence-electron chi connectivity index (χ3n) is 21.9. The first-order valence-corrected chi connectivity index (χ1v) is 44.3. The maximum absolute atomic E-state index is 13.1. The standard InChI is InChI=1S/C24H16N4O6.C20H15F2N5O3.C20H17F2N5O.C13H16F2N2O2.C13H16N2O3.C10H7F5N2O/c29-23(33-18-9-3-1-4-10-18)27(24(30)34-19-11-5-2-6-12-19)22-21(28(31)32)14-13-20(26-22)17-8-7-15-25-16-17;21-20(22)17-6-13-10-26(11-14(13)9-24-17)19(28)7-16-18(27(29)30)4-3-15(25-16)12-2-1-5-23-8-12;21-20(22)18-6-13-10-27(11-14(13)9-25-18)19(28)7-17-15(23)3-4-16(26-17)12-2-1-5-24-8-12;1-13(2,3)19-12(18)17-6-8-4-10(11(14)15)16-5-9(8)7-17;1-13(2,3)18-12(17)15-6-9-4-11(8-16)14-5-10(9)7-15;11-8(12)7-1-5-3-17(4-6(5)2-16-7)9(18)10(13,14)15/h1-16H;1-6,8-9,20H,7,10-11H2;1-6,8-9,20H,7,10-11,23H2;4-5,11H,6-7H2,1-3H3;4-5,8H,6-7H2,1-3H3;1-2,8H,3-4H2. The van der Waals surface area contributed by atoms with E-state index < -0.39 is 94.3 Å². The molecule has 0 atom stereocenters. The van der Waals surface area contributed by atoms with Crippen LogP contribution < -0.4 is 20.1 Å². The number of halogens is 11. The van der Waals surface area contributed by atoms with Crippen LogP contribution in [0.4, 0.5) is 90.4 Å². The van der Waals surface area contributed by atoms with E-state index in [1.54, 1.807) is 153 Å². The molecule has 0 fully saturated rings. The van der Waals surface area contributed by atoms with E-state index in [1.807, 2.05) is 26.8 Å². The van der Waals surface area contributed by atoms with E-state index >= 15 is 0 Å². The number of fused-ring (bicyclic) bond motifs is 5. The highest BCUT2D eigenvalue weighted by Gasteiger charge is 2.45. The van der Waals surface area contributed by atoms with Gasteiger partial charge in [-0.1, -0.05) is 36.4 Å². The monoisotopic (exact) mass is 2030 g/mol. The minimum absolute atomic E-state index is 0.0308. The molecular weight excluding hydrogens is 1950 g/mol. The van der Waals surface area contributed by atoms with Gasteiger partial charge < -0.3 is 39.4 Å². The Morgan fingerprint density at radius 2 is 0.728 bits per heavy atom. The van der Waals surface area contributed by atoms with Crippen LogP contribution in [0.5, 0.6) is 11.5 Å². The number of aldehydes is 1. The molecule has 0 saturated heterocycles. The number of anilines is 2. The number of ether oxygens (including phenoxy) is 4. The summed E-state index contributed by atoms with van der Waals surface area (Å²) in [6.07, 6.45) is -2.00. The van der Waals surface area contributed by atoms with E-state index in [9.17, 15) is 107 Å². The fourth-order valence-electron chi connectivity index (χ4n) is 14.9. The molecule has 2 N–H and O–H groups in total. The summed E-state index contributed by atoms with van der Waals surface area (Å²) in [6.45, 7) is 12.8. The van der Waals surface area contributed by atoms with Crippen molar-refractivity contribution in [3.8, 4) is 45.3 Å². The van der Waals surface area contributed by atoms with E-state index in [0.717, 1.165) is 46.1 Å². The molecule has 0 radical (unpaired) electrons. The maximum atomic E-state index is 13.1. The number of hydrogen-bond acceptors (Lipinski definition) is 28. The van der Waals surface area contributed by atoms with Crippen LogP contribution in [0.15, 0.2) is 232 Å². The van der Waals surface area contributed by atoms with Gasteiger partial charge in [-0.05, 0) is 212 Å². The fraction of sp³-hybridized carbons (Fsp3) is 0.250. The number of nitrogen functional groups attached to an aromatic ring is 1. The number of benzene rings is 2. The summed E-state index contributed by atoms with van der Waals surface area (Å²) in [5.74, 6) is -2.85. The Morgan fingerprint density at radius 1 is 0.401 bits per heavy atom. The van der Waals surface area contributed by atoms with Gasteiger partial charge in [0.2, 0.25) is 17.6 Å². The van der Waals surface area contributed by atoms with Crippen molar-refractivity contribution in [2.75, 3.05) is 10.6 Å². The number of para-hydroxylation sites is 2. The molecule has 7 amide bonds. The van der Waals surface area contributed by atoms with Gasteiger partial charge in [0.15, 0.2) is 6.29 Å². The first-order chi connectivity index (χ1) is 69.9. The van der Waals surface area contributed by atoms with Crippen molar-refractivity contribution >= 4 is 71.3 Å². The number of nitro groups is 2. The summed E-state index contributed by atoms with van der Waals surface area (Å²) in [6, 6.07) is 42.0. The number of rotatable bonds is 17. The number of aromatic nitrogens is 11. The molecule has 5 aliphatic heterocycles. The number of carbonyl (C=O) groups is 8. The molecular formula is C100H87F11N20O16. The maximum Gasteiger partial charge on any atom is 0.471 e. The number of carbonyl (C=O) groups excluding carboxylic acids is 8. The fourth-order valence-corrected chi connectivity index (χ4v) is 14.9. The smallest absolute Gasteiger partial charge is 0.444 e. The Balaban J connectivity index is 0.000000150. The number of pyridine rings is 11. The van der Waals surface area contributed by atoms with E-state index in [2.05, 4.69) is 54.8 Å². The SMILES string of the molecule is CC(C)(C)OC(=O)N1Cc2cnc(C(F)F)cc2C1.CC(C)(C)OC(=O)N1Cc2cnc(C=O)cc2C1.Nc1ccc(-c2cccnc2)nc1CC(=O)N1Cc2cnc(C(F)F)cc2C1.O=C(Cc1nc(-c2cccnc2)ccc1[N+](=O)[O-])N1Cc2cnc(C(F)F)cc2C1.O=C(N1Cc2cnc(C(F)F)cc2C1)C(F)(F)F.O=C(Oc1ccccc1)N(C(=O)Oc1ccccc1)c1nc(-c2cccnc2)ccc1[N+](=O)[O-]. The third kappa shape index (κ3) is 28.4. The van der Waals surface area contributed by atoms with Crippen LogP contribution in [-0.2, 0) is 102 Å². The van der Waals surface area contributed by atoms with E-state index in [0.29, 0.717) is 110 Å². The topological polar surface area (TPSA) is 447 Å². The molecule has 11 aromatic heterocycles. The predicted molar refractivity (Wildman–Crippen MR) is 501 cm³/mol. The second-order valence-electron chi connectivity index (χ2n) is 34.8. The van der Waals surface area contributed by atoms with Crippen LogP contribution >= 0.6 is 0 Å². The number of hydrogen-bond donors (Lipinski definition) is 1. The molecule has 0 saturated carbocycles. The van der Waals surface area contributed by atoms with Crippen LogP contribution in [0.3, 0.4) is 0 Å². The lowest BCUT2D eigenvalue weighted by Gasteiger charge is -2.24. The average Bonchev–Trinajstić information content (AvgIpc) is 1.65. The molecule has 47 heteroatoms. The molecule has 5 aliphatic rings. The molecule has 0 bridgehead atoms. The Morgan fingerprint density at radius 3 is 1.09 bits per heavy atom. The summed E-state index contributed by atoms with van der Waals surface area (Å²) in [5, 5.41) is 23.2. The molecule has 16 heterocycles. The van der Waals surface area contributed by atoms with Crippen LogP contribution in [0, 0.1) is 20.2 Å². The van der Waals surface area contributed by atoms with Crippen LogP contribution in [0.1, 0.15) is 168 Å². The molecule has 0 unspecified atom stereocenters. The molecule has 2 aromatic carbocycles. The zero-order chi connectivity index (χ0) is 106. The summed E-state index contributed by atoms with van der Waals surface area (Å²) >= 11 is 0. The number of alkyl halides is 11. The van der Waals surface area contributed by atoms with E-state index in [1.165, 1.54) is 95.3 Å². The molecule has 36 nitrogen and oxygen atoms in total. The van der Waals surface area contributed by atoms with Crippen LogP contribution in [0.2, 0.25) is 0 Å². The number of amides is 7. The number of nitrogens with zero attached hydrogens (tertiary/aromatic N) is 19. The van der Waals surface area contributed by atoms with Gasteiger partial charge in [-0.25, -0.2) is 64.3 Å². The van der Waals surface area contributed by atoms with Crippen LogP contribution in [0.25, 0.3) is 33.8 Å². The largest absolute Gasteiger partial charge is 0.471 e. The summed E-state index contributed by atoms with van der Waals surface area (Å²) < 4.78 is 159. The lowest BCUT2D eigenvalue weighted by molar-refractivity contribution is -0.385. The van der Waals surface area contributed by atoms with Crippen molar-refractivity contribution < 1.29 is 115 Å². The summed E-state index contributed by atoms with van der Waals surface area (Å²) in [5.41, 5.74) is 14.3. The van der Waals surface area contributed by atoms with Gasteiger partial charge >= 0.3 is 42.1 Å². The van der Waals surface area contributed by atoms with Gasteiger partial charge in [0.1, 0.15) is 56.9 Å². The second kappa shape index (κ2) is 47.0. The minimum Gasteiger partial charge on any atom is -0.444 e. The van der Waals surface area contributed by atoms with Gasteiger partial charge in [-0.3, -0.25) is 94.1 Å². The van der Waals surface area contributed by atoms with Gasteiger partial charge in [0, 0.05) is 149 Å². The Hall–Kier alpha value is -17.7.